The maximum absolute atomic E-state index is 12.7. The van der Waals surface area contributed by atoms with Gasteiger partial charge in [-0.25, -0.2) is 0 Å². The van der Waals surface area contributed by atoms with E-state index in [1.165, 1.54) is 12.0 Å². The molecule has 3 nitrogen and oxygen atoms in total. The van der Waals surface area contributed by atoms with E-state index >= 15 is 0 Å². The molecule has 1 amide bonds. The summed E-state index contributed by atoms with van der Waals surface area (Å²) in [5, 5.41) is 0. The lowest BCUT2D eigenvalue weighted by atomic mass is 9.66. The number of nitrogens with two attached hydrogens (primary N) is 1. The number of nitrogens with zero attached hydrogens (tertiary/aromatic N) is 1. The van der Waals surface area contributed by atoms with Gasteiger partial charge in [-0.15, -0.1) is 0 Å². The second-order valence-corrected chi connectivity index (χ2v) is 6.18. The average Bonchev–Trinajstić information content (AvgIpc) is 2.69. The van der Waals surface area contributed by atoms with Gasteiger partial charge < -0.3 is 10.6 Å². The second kappa shape index (κ2) is 4.64. The maximum atomic E-state index is 12.7. The molecule has 2 aliphatic rings. The third kappa shape index (κ3) is 2.06. The number of benzene rings is 1. The van der Waals surface area contributed by atoms with E-state index in [2.05, 4.69) is 19.1 Å². The molecule has 1 heterocycles. The molecule has 0 saturated heterocycles. The molecule has 1 saturated carbocycles. The molecule has 3 rings (SSSR count). The normalized spacial score (nSPS) is 23.9. The van der Waals surface area contributed by atoms with Gasteiger partial charge >= 0.3 is 0 Å². The first-order valence-corrected chi connectivity index (χ1v) is 7.25. The predicted molar refractivity (Wildman–Crippen MR) is 77.0 cm³/mol. The Bertz CT molecular complexity index is 488. The summed E-state index contributed by atoms with van der Waals surface area (Å²) >= 11 is 0. The third-order valence-electron chi connectivity index (χ3n) is 4.85. The number of amides is 1. The van der Waals surface area contributed by atoms with Gasteiger partial charge in [0, 0.05) is 18.2 Å². The van der Waals surface area contributed by atoms with Gasteiger partial charge in [0.25, 0.3) is 0 Å². The summed E-state index contributed by atoms with van der Waals surface area (Å²) < 4.78 is 0. The topological polar surface area (TPSA) is 46.3 Å². The smallest absolute Gasteiger partial charge is 0.227 e. The van der Waals surface area contributed by atoms with Crippen LogP contribution in [0.25, 0.3) is 0 Å². The van der Waals surface area contributed by atoms with Crippen LogP contribution in [-0.2, 0) is 11.2 Å². The van der Waals surface area contributed by atoms with E-state index in [-0.39, 0.29) is 17.4 Å². The largest absolute Gasteiger partial charge is 0.330 e. The number of hydrogen-bond acceptors (Lipinski definition) is 2. The minimum absolute atomic E-state index is 0.0916. The lowest BCUT2D eigenvalue weighted by Crippen LogP contribution is -2.44. The lowest BCUT2D eigenvalue weighted by Gasteiger charge is -2.41. The fourth-order valence-corrected chi connectivity index (χ4v) is 3.48. The van der Waals surface area contributed by atoms with Crippen molar-refractivity contribution in [2.45, 2.75) is 45.1 Å². The van der Waals surface area contributed by atoms with Crippen molar-refractivity contribution in [2.24, 2.45) is 11.1 Å². The highest BCUT2D eigenvalue weighted by Gasteiger charge is 2.40. The molecule has 1 aliphatic carbocycles. The van der Waals surface area contributed by atoms with Gasteiger partial charge in [-0.2, -0.15) is 0 Å². The number of carbonyl (C=O) groups is 1. The van der Waals surface area contributed by atoms with Crippen LogP contribution < -0.4 is 10.6 Å². The first-order valence-electron chi connectivity index (χ1n) is 7.25. The van der Waals surface area contributed by atoms with Crippen LogP contribution in [0.5, 0.6) is 0 Å². The van der Waals surface area contributed by atoms with Crippen molar-refractivity contribution < 1.29 is 4.79 Å². The zero-order valence-electron chi connectivity index (χ0n) is 11.6. The molecule has 0 spiro atoms. The van der Waals surface area contributed by atoms with Gasteiger partial charge in [-0.05, 0) is 49.8 Å². The summed E-state index contributed by atoms with van der Waals surface area (Å²) in [5.41, 5.74) is 8.36. The van der Waals surface area contributed by atoms with Crippen LogP contribution in [0, 0.1) is 5.41 Å². The molecule has 1 aromatic carbocycles. The minimum Gasteiger partial charge on any atom is -0.330 e. The van der Waals surface area contributed by atoms with E-state index in [0.29, 0.717) is 13.0 Å². The van der Waals surface area contributed by atoms with E-state index in [0.717, 1.165) is 24.9 Å². The first kappa shape index (κ1) is 12.7. The molecule has 2 N–H and O–H groups in total. The minimum atomic E-state index is 0.0916. The van der Waals surface area contributed by atoms with Crippen molar-refractivity contribution in [3.63, 3.8) is 0 Å². The van der Waals surface area contributed by atoms with E-state index in [1.54, 1.807) is 0 Å². The third-order valence-corrected chi connectivity index (χ3v) is 4.85. The van der Waals surface area contributed by atoms with Gasteiger partial charge in [0.05, 0.1) is 0 Å². The predicted octanol–water partition coefficient (Wildman–Crippen LogP) is 2.48. The van der Waals surface area contributed by atoms with E-state index in [9.17, 15) is 4.79 Å². The van der Waals surface area contributed by atoms with Gasteiger partial charge in [0.15, 0.2) is 0 Å². The monoisotopic (exact) mass is 258 g/mol. The average molecular weight is 258 g/mol. The quantitative estimate of drug-likeness (QED) is 0.905. The Morgan fingerprint density at radius 2 is 2.16 bits per heavy atom. The summed E-state index contributed by atoms with van der Waals surface area (Å²) in [5.74, 6) is 0.252. The summed E-state index contributed by atoms with van der Waals surface area (Å²) in [4.78, 5) is 14.6. The number of para-hydroxylation sites is 1. The number of fused-ring (bicyclic) bond motifs is 1. The standard InChI is InChI=1S/C16H22N2O/c1-12-9-13-5-2-3-6-14(13)18(12)15(19)10-16(11-17)7-4-8-16/h2-3,5-6,12H,4,7-11,17H2,1H3. The van der Waals surface area contributed by atoms with E-state index < -0.39 is 0 Å². The van der Waals surface area contributed by atoms with Crippen LogP contribution in [0.2, 0.25) is 0 Å². The second-order valence-electron chi connectivity index (χ2n) is 6.18. The number of hydrogen-bond donors (Lipinski definition) is 1. The summed E-state index contributed by atoms with van der Waals surface area (Å²) in [6.45, 7) is 2.77. The number of rotatable bonds is 3. The van der Waals surface area contributed by atoms with Crippen molar-refractivity contribution in [2.75, 3.05) is 11.4 Å². The zero-order valence-corrected chi connectivity index (χ0v) is 11.6. The Balaban J connectivity index is 1.80. The summed E-state index contributed by atoms with van der Waals surface area (Å²) in [7, 11) is 0. The molecule has 0 bridgehead atoms. The Hall–Kier alpha value is -1.35. The highest BCUT2D eigenvalue weighted by atomic mass is 16.2. The van der Waals surface area contributed by atoms with Crippen molar-refractivity contribution in [3.05, 3.63) is 29.8 Å². The van der Waals surface area contributed by atoms with Crippen LogP contribution in [0.1, 0.15) is 38.2 Å². The highest BCUT2D eigenvalue weighted by Crippen LogP contribution is 2.44. The van der Waals surface area contributed by atoms with Crippen molar-refractivity contribution in [3.8, 4) is 0 Å². The lowest BCUT2D eigenvalue weighted by molar-refractivity contribution is -0.122. The molecule has 19 heavy (non-hydrogen) atoms. The maximum Gasteiger partial charge on any atom is 0.227 e. The van der Waals surface area contributed by atoms with Crippen molar-refractivity contribution in [1.82, 2.24) is 0 Å². The molecule has 102 valence electrons. The molecule has 1 unspecified atom stereocenters. The highest BCUT2D eigenvalue weighted by molar-refractivity contribution is 5.96. The molecule has 0 radical (unpaired) electrons. The van der Waals surface area contributed by atoms with Crippen LogP contribution in [0.3, 0.4) is 0 Å². The van der Waals surface area contributed by atoms with Crippen LogP contribution in [0.4, 0.5) is 5.69 Å². The molecule has 1 aromatic rings. The Morgan fingerprint density at radius 1 is 1.42 bits per heavy atom. The van der Waals surface area contributed by atoms with Crippen molar-refractivity contribution >= 4 is 11.6 Å². The molecule has 1 aliphatic heterocycles. The van der Waals surface area contributed by atoms with Gasteiger partial charge in [-0.3, -0.25) is 4.79 Å². The van der Waals surface area contributed by atoms with Crippen LogP contribution >= 0.6 is 0 Å². The molecule has 3 heteroatoms. The first-order chi connectivity index (χ1) is 9.15. The molecule has 1 fully saturated rings. The van der Waals surface area contributed by atoms with E-state index in [4.69, 9.17) is 5.73 Å². The molecular formula is C16H22N2O. The SMILES string of the molecule is CC1Cc2ccccc2N1C(=O)CC1(CN)CCC1. The Kier molecular flexibility index (Phi) is 3.09. The fraction of sp³-hybridized carbons (Fsp3) is 0.562. The number of anilines is 1. The Labute approximate surface area is 114 Å². The van der Waals surface area contributed by atoms with Gasteiger partial charge in [-0.1, -0.05) is 24.6 Å². The fourth-order valence-electron chi connectivity index (χ4n) is 3.48. The van der Waals surface area contributed by atoms with E-state index in [1.807, 2.05) is 17.0 Å². The molecule has 0 aromatic heterocycles. The van der Waals surface area contributed by atoms with Crippen LogP contribution in [0.15, 0.2) is 24.3 Å². The van der Waals surface area contributed by atoms with Gasteiger partial charge in [0.1, 0.15) is 0 Å². The molecule has 1 atom stereocenters. The molecular weight excluding hydrogens is 236 g/mol. The van der Waals surface area contributed by atoms with Crippen LogP contribution in [-0.4, -0.2) is 18.5 Å². The number of carbonyl (C=O) groups excluding carboxylic acids is 1. The van der Waals surface area contributed by atoms with Crippen molar-refractivity contribution in [1.29, 1.82) is 0 Å². The van der Waals surface area contributed by atoms with Gasteiger partial charge in [0.2, 0.25) is 5.91 Å². The summed E-state index contributed by atoms with van der Waals surface area (Å²) in [6, 6.07) is 8.53. The summed E-state index contributed by atoms with van der Waals surface area (Å²) in [6.07, 6.45) is 5.02. The Morgan fingerprint density at radius 3 is 2.79 bits per heavy atom. The zero-order chi connectivity index (χ0) is 13.5.